The van der Waals surface area contributed by atoms with Crippen LogP contribution >= 0.6 is 0 Å². The van der Waals surface area contributed by atoms with Crippen LogP contribution in [0, 0.1) is 5.92 Å². The van der Waals surface area contributed by atoms with Gasteiger partial charge in [-0.15, -0.1) is 0 Å². The van der Waals surface area contributed by atoms with Crippen LogP contribution in [0.5, 0.6) is 0 Å². The van der Waals surface area contributed by atoms with E-state index in [-0.39, 0.29) is 0 Å². The fraction of sp³-hybridized carbons (Fsp3) is 1.00. The molecule has 0 heterocycles. The third-order valence-corrected chi connectivity index (χ3v) is 1.60. The van der Waals surface area contributed by atoms with Gasteiger partial charge in [-0.25, -0.2) is 0 Å². The molecule has 0 spiro atoms. The highest BCUT2D eigenvalue weighted by atomic mass is 14.3. The normalized spacial score (nSPS) is 42.3. The van der Waals surface area contributed by atoms with Crippen LogP contribution in [0.4, 0.5) is 0 Å². The molecule has 0 aromatic heterocycles. The second kappa shape index (κ2) is 1.29. The van der Waals surface area contributed by atoms with Gasteiger partial charge in [0, 0.05) is 0 Å². The number of rotatable bonds is 1. The van der Waals surface area contributed by atoms with E-state index in [0.717, 1.165) is 11.7 Å². The molecule has 1 radical (unpaired) electrons. The van der Waals surface area contributed by atoms with Crippen LogP contribution in [0.2, 0.25) is 12.6 Å². The maximum atomic E-state index is 2.30. The van der Waals surface area contributed by atoms with Crippen molar-refractivity contribution in [3.63, 3.8) is 0 Å². The molecule has 1 heteroatoms. The van der Waals surface area contributed by atoms with Crippen molar-refractivity contribution < 1.29 is 0 Å². The highest BCUT2D eigenvalue weighted by molar-refractivity contribution is 6.37. The van der Waals surface area contributed by atoms with Gasteiger partial charge in [0.2, 0.25) is 0 Å². The van der Waals surface area contributed by atoms with Gasteiger partial charge in [-0.3, -0.25) is 0 Å². The molecule has 0 bridgehead atoms. The minimum atomic E-state index is 0.977. The second-order valence-corrected chi connectivity index (χ2v) is 2.21. The summed E-state index contributed by atoms with van der Waals surface area (Å²) in [5, 5.41) is 0. The Morgan fingerprint density at radius 1 is 1.67 bits per heavy atom. The van der Waals surface area contributed by atoms with Crippen LogP contribution in [0.25, 0.3) is 0 Å². The van der Waals surface area contributed by atoms with Crippen LogP contribution < -0.4 is 0 Å². The lowest BCUT2D eigenvalue weighted by atomic mass is 9.75. The topological polar surface area (TPSA) is 0 Å². The summed E-state index contributed by atoms with van der Waals surface area (Å²) in [5.74, 6) is 1.99. The fourth-order valence-corrected chi connectivity index (χ4v) is 0.815. The predicted octanol–water partition coefficient (Wildman–Crippen LogP) is 1.57. The van der Waals surface area contributed by atoms with Gasteiger partial charge in [0.15, 0.2) is 0 Å². The molecule has 1 saturated carbocycles. The maximum absolute atomic E-state index is 2.30. The fourth-order valence-electron chi connectivity index (χ4n) is 0.815. The summed E-state index contributed by atoms with van der Waals surface area (Å²) in [6.07, 6.45) is 1.44. The van der Waals surface area contributed by atoms with E-state index in [2.05, 4.69) is 21.0 Å². The first-order valence-electron chi connectivity index (χ1n) is 2.64. The number of hydrogen-bond acceptors (Lipinski definition) is 0. The zero-order chi connectivity index (χ0) is 4.57. The van der Waals surface area contributed by atoms with Gasteiger partial charge < -0.3 is 0 Å². The van der Waals surface area contributed by atoms with Gasteiger partial charge in [-0.1, -0.05) is 26.0 Å². The van der Waals surface area contributed by atoms with Gasteiger partial charge in [0.1, 0.15) is 7.28 Å². The Hall–Kier alpha value is 0.0649. The zero-order valence-electron chi connectivity index (χ0n) is 4.44. The summed E-state index contributed by atoms with van der Waals surface area (Å²) in [7, 11) is 2.30. The van der Waals surface area contributed by atoms with Crippen LogP contribution in [0.3, 0.4) is 0 Å². The van der Waals surface area contributed by atoms with Crippen molar-refractivity contribution in [2.75, 3.05) is 0 Å². The van der Waals surface area contributed by atoms with Crippen molar-refractivity contribution in [2.45, 2.75) is 26.0 Å². The van der Waals surface area contributed by atoms with Crippen LogP contribution in [-0.2, 0) is 0 Å². The Bertz CT molecular complexity index is 49.9. The first-order chi connectivity index (χ1) is 2.84. The molecule has 0 amide bonds. The lowest BCUT2D eigenvalue weighted by Gasteiger charge is -1.76. The summed E-state index contributed by atoms with van der Waals surface area (Å²) in [4.78, 5) is 0. The van der Waals surface area contributed by atoms with E-state index >= 15 is 0 Å². The van der Waals surface area contributed by atoms with Gasteiger partial charge >= 0.3 is 0 Å². The maximum Gasteiger partial charge on any atom is 0.110 e. The van der Waals surface area contributed by atoms with E-state index in [4.69, 9.17) is 0 Å². The molecule has 1 rings (SSSR count). The summed E-state index contributed by atoms with van der Waals surface area (Å²) in [6.45, 7) is 4.44. The third kappa shape index (κ3) is 0.587. The molecule has 33 valence electrons. The van der Waals surface area contributed by atoms with Crippen molar-refractivity contribution >= 4 is 7.28 Å². The Labute approximate surface area is 40.2 Å². The van der Waals surface area contributed by atoms with Crippen LogP contribution in [0.15, 0.2) is 0 Å². The van der Waals surface area contributed by atoms with Gasteiger partial charge in [0.25, 0.3) is 0 Å². The molecule has 0 aromatic rings. The minimum absolute atomic E-state index is 0.977. The molecule has 0 aromatic carbocycles. The monoisotopic (exact) mass is 81.1 g/mol. The Morgan fingerprint density at radius 3 is 2.17 bits per heavy atom. The molecule has 0 nitrogen and oxygen atoms in total. The average Bonchev–Trinajstić information content (AvgIpc) is 2.19. The predicted molar refractivity (Wildman–Crippen MR) is 29.1 cm³/mol. The molecule has 0 saturated heterocycles. The van der Waals surface area contributed by atoms with Gasteiger partial charge in [0.05, 0.1) is 0 Å². The molecule has 2 atom stereocenters. The molecular formula is C5H10B. The van der Waals surface area contributed by atoms with E-state index in [0.29, 0.717) is 0 Å². The van der Waals surface area contributed by atoms with Crippen molar-refractivity contribution in [2.24, 2.45) is 5.92 Å². The van der Waals surface area contributed by atoms with Crippen molar-refractivity contribution in [3.8, 4) is 0 Å². The molecule has 1 aliphatic rings. The van der Waals surface area contributed by atoms with E-state index in [1.54, 1.807) is 0 Å². The molecular weight excluding hydrogens is 70.9 g/mol. The van der Waals surface area contributed by atoms with Crippen LogP contribution in [0.1, 0.15) is 13.3 Å². The molecule has 1 aliphatic carbocycles. The standard InChI is InChI=1S/C5H10B/c1-4-3-5(4)6-2/h4-5H,3H2,1-2H3. The molecule has 6 heavy (non-hydrogen) atoms. The first kappa shape index (κ1) is 4.23. The van der Waals surface area contributed by atoms with Crippen LogP contribution in [-0.4, -0.2) is 7.28 Å². The minimum Gasteiger partial charge on any atom is -0.0917 e. The number of hydrogen-bond donors (Lipinski definition) is 0. The lowest BCUT2D eigenvalue weighted by molar-refractivity contribution is 0.978. The Kier molecular flexibility index (Phi) is 0.907. The van der Waals surface area contributed by atoms with Gasteiger partial charge in [-0.05, 0) is 5.92 Å². The second-order valence-electron chi connectivity index (χ2n) is 2.21. The van der Waals surface area contributed by atoms with E-state index in [9.17, 15) is 0 Å². The summed E-state index contributed by atoms with van der Waals surface area (Å²) in [6, 6.07) is 0. The lowest BCUT2D eigenvalue weighted by Crippen LogP contribution is -1.76. The summed E-state index contributed by atoms with van der Waals surface area (Å²) >= 11 is 0. The van der Waals surface area contributed by atoms with Crippen molar-refractivity contribution in [1.29, 1.82) is 0 Å². The summed E-state index contributed by atoms with van der Waals surface area (Å²) in [5.41, 5.74) is 0. The smallest absolute Gasteiger partial charge is 0.0917 e. The highest BCUT2D eigenvalue weighted by Crippen LogP contribution is 2.42. The van der Waals surface area contributed by atoms with E-state index in [1.807, 2.05) is 0 Å². The summed E-state index contributed by atoms with van der Waals surface area (Å²) < 4.78 is 0. The third-order valence-electron chi connectivity index (χ3n) is 1.60. The quantitative estimate of drug-likeness (QED) is 0.420. The molecule has 0 aliphatic heterocycles. The Balaban J connectivity index is 2.09. The molecule has 2 unspecified atom stereocenters. The zero-order valence-corrected chi connectivity index (χ0v) is 4.44. The van der Waals surface area contributed by atoms with Crippen molar-refractivity contribution in [3.05, 3.63) is 0 Å². The van der Waals surface area contributed by atoms with E-state index in [1.165, 1.54) is 6.42 Å². The Morgan fingerprint density at radius 2 is 2.17 bits per heavy atom. The van der Waals surface area contributed by atoms with E-state index < -0.39 is 0 Å². The molecule has 0 N–H and O–H groups in total. The van der Waals surface area contributed by atoms with Gasteiger partial charge in [-0.2, -0.15) is 0 Å². The average molecular weight is 80.9 g/mol. The van der Waals surface area contributed by atoms with Crippen molar-refractivity contribution in [1.82, 2.24) is 0 Å². The highest BCUT2D eigenvalue weighted by Gasteiger charge is 2.29. The molecule has 1 fully saturated rings. The first-order valence-corrected chi connectivity index (χ1v) is 2.64. The largest absolute Gasteiger partial charge is 0.110 e. The SMILES string of the molecule is C[B]C1CC1C.